The van der Waals surface area contributed by atoms with Crippen molar-refractivity contribution in [1.82, 2.24) is 4.98 Å². The topological polar surface area (TPSA) is 63.6 Å². The molecule has 0 aliphatic rings. The lowest BCUT2D eigenvalue weighted by Crippen LogP contribution is -2.16. The SMILES string of the molecule is CCC(=NOCc1ccccc1)c1ccc(NC(=O)c2c(F)cccc2F)nc1. The summed E-state index contributed by atoms with van der Waals surface area (Å²) in [7, 11) is 0. The van der Waals surface area contributed by atoms with Gasteiger partial charge in [-0.2, -0.15) is 0 Å². The van der Waals surface area contributed by atoms with Gasteiger partial charge in [-0.05, 0) is 36.2 Å². The van der Waals surface area contributed by atoms with Crippen LogP contribution in [0.2, 0.25) is 0 Å². The minimum Gasteiger partial charge on any atom is -0.391 e. The summed E-state index contributed by atoms with van der Waals surface area (Å²) >= 11 is 0. The van der Waals surface area contributed by atoms with Crippen molar-refractivity contribution in [2.45, 2.75) is 20.0 Å². The molecule has 0 atom stereocenters. The highest BCUT2D eigenvalue weighted by molar-refractivity contribution is 6.04. The van der Waals surface area contributed by atoms with E-state index in [1.807, 2.05) is 37.3 Å². The van der Waals surface area contributed by atoms with E-state index in [9.17, 15) is 13.6 Å². The standard InChI is InChI=1S/C22H19F2N3O2/c1-2-19(27-29-14-15-7-4-3-5-8-15)16-11-12-20(25-13-16)26-22(28)21-17(23)9-6-10-18(21)24/h3-13H,2,14H2,1H3,(H,25,26,28). The maximum atomic E-state index is 13.7. The maximum Gasteiger partial charge on any atom is 0.262 e. The fraction of sp³-hybridized carbons (Fsp3) is 0.136. The van der Waals surface area contributed by atoms with Crippen molar-refractivity contribution in [2.75, 3.05) is 5.32 Å². The van der Waals surface area contributed by atoms with Gasteiger partial charge in [-0.15, -0.1) is 0 Å². The Kier molecular flexibility index (Phi) is 6.63. The Morgan fingerprint density at radius 1 is 1.03 bits per heavy atom. The van der Waals surface area contributed by atoms with Crippen LogP contribution >= 0.6 is 0 Å². The number of hydrogen-bond acceptors (Lipinski definition) is 4. The van der Waals surface area contributed by atoms with E-state index in [4.69, 9.17) is 4.84 Å². The summed E-state index contributed by atoms with van der Waals surface area (Å²) in [4.78, 5) is 21.7. The van der Waals surface area contributed by atoms with Crippen molar-refractivity contribution in [3.8, 4) is 0 Å². The van der Waals surface area contributed by atoms with Gasteiger partial charge in [-0.25, -0.2) is 13.8 Å². The summed E-state index contributed by atoms with van der Waals surface area (Å²) < 4.78 is 27.4. The summed E-state index contributed by atoms with van der Waals surface area (Å²) in [5.41, 5.74) is 1.76. The lowest BCUT2D eigenvalue weighted by Gasteiger charge is -2.08. The zero-order valence-electron chi connectivity index (χ0n) is 15.7. The molecule has 5 nitrogen and oxygen atoms in total. The molecule has 0 saturated carbocycles. The van der Waals surface area contributed by atoms with Crippen LogP contribution in [-0.2, 0) is 11.4 Å². The first-order chi connectivity index (χ1) is 14.1. The zero-order valence-corrected chi connectivity index (χ0v) is 15.7. The summed E-state index contributed by atoms with van der Waals surface area (Å²) in [6.45, 7) is 2.28. The molecule has 2 aromatic carbocycles. The number of rotatable bonds is 7. The summed E-state index contributed by atoms with van der Waals surface area (Å²) in [6, 6.07) is 16.1. The Morgan fingerprint density at radius 2 is 1.76 bits per heavy atom. The van der Waals surface area contributed by atoms with Crippen molar-refractivity contribution in [3.05, 3.63) is 95.2 Å². The molecule has 1 heterocycles. The van der Waals surface area contributed by atoms with Crippen molar-refractivity contribution >= 4 is 17.4 Å². The number of nitrogens with one attached hydrogen (secondary N) is 1. The second-order valence-electron chi connectivity index (χ2n) is 6.13. The zero-order chi connectivity index (χ0) is 20.6. The van der Waals surface area contributed by atoms with E-state index in [1.54, 1.807) is 6.07 Å². The van der Waals surface area contributed by atoms with Crippen LogP contribution in [0.25, 0.3) is 0 Å². The average Bonchev–Trinajstić information content (AvgIpc) is 2.73. The van der Waals surface area contributed by atoms with Gasteiger partial charge in [0.25, 0.3) is 5.91 Å². The number of carbonyl (C=O) groups is 1. The van der Waals surface area contributed by atoms with E-state index in [-0.39, 0.29) is 5.82 Å². The molecular weight excluding hydrogens is 376 g/mol. The second kappa shape index (κ2) is 9.54. The number of aromatic nitrogens is 1. The van der Waals surface area contributed by atoms with E-state index >= 15 is 0 Å². The van der Waals surface area contributed by atoms with Gasteiger partial charge >= 0.3 is 0 Å². The molecule has 0 saturated heterocycles. The minimum absolute atomic E-state index is 0.169. The van der Waals surface area contributed by atoms with Crippen molar-refractivity contribution in [2.24, 2.45) is 5.16 Å². The molecule has 0 aliphatic carbocycles. The van der Waals surface area contributed by atoms with Crippen LogP contribution in [0.3, 0.4) is 0 Å². The molecule has 7 heteroatoms. The lowest BCUT2D eigenvalue weighted by atomic mass is 10.1. The molecule has 0 aliphatic heterocycles. The van der Waals surface area contributed by atoms with Gasteiger partial charge in [-0.1, -0.05) is 48.5 Å². The van der Waals surface area contributed by atoms with E-state index in [2.05, 4.69) is 15.5 Å². The number of hydrogen-bond donors (Lipinski definition) is 1. The first kappa shape index (κ1) is 20.1. The van der Waals surface area contributed by atoms with Crippen LogP contribution in [-0.4, -0.2) is 16.6 Å². The second-order valence-corrected chi connectivity index (χ2v) is 6.13. The van der Waals surface area contributed by atoms with E-state index in [0.717, 1.165) is 23.3 Å². The molecule has 0 spiro atoms. The predicted octanol–water partition coefficient (Wildman–Crippen LogP) is 4.94. The maximum absolute atomic E-state index is 13.7. The average molecular weight is 395 g/mol. The number of carbonyl (C=O) groups excluding carboxylic acids is 1. The molecule has 0 unspecified atom stereocenters. The summed E-state index contributed by atoms with van der Waals surface area (Å²) in [6.07, 6.45) is 2.13. The van der Waals surface area contributed by atoms with E-state index in [0.29, 0.717) is 18.7 Å². The molecule has 0 radical (unpaired) electrons. The molecular formula is C22H19F2N3O2. The van der Waals surface area contributed by atoms with Crippen molar-refractivity contribution in [3.63, 3.8) is 0 Å². The van der Waals surface area contributed by atoms with Gasteiger partial charge in [0.05, 0.1) is 5.71 Å². The Morgan fingerprint density at radius 3 is 2.38 bits per heavy atom. The lowest BCUT2D eigenvalue weighted by molar-refractivity contribution is 0.101. The van der Waals surface area contributed by atoms with Gasteiger partial charge < -0.3 is 10.2 Å². The number of pyridine rings is 1. The third-order valence-electron chi connectivity index (χ3n) is 4.11. The molecule has 1 amide bonds. The number of amides is 1. The number of anilines is 1. The third kappa shape index (κ3) is 5.22. The van der Waals surface area contributed by atoms with E-state index in [1.165, 1.54) is 18.3 Å². The molecule has 3 rings (SSSR count). The molecule has 29 heavy (non-hydrogen) atoms. The highest BCUT2D eigenvalue weighted by Crippen LogP contribution is 2.15. The van der Waals surface area contributed by atoms with Gasteiger partial charge in [0.2, 0.25) is 0 Å². The predicted molar refractivity (Wildman–Crippen MR) is 107 cm³/mol. The van der Waals surface area contributed by atoms with E-state index < -0.39 is 23.1 Å². The molecule has 148 valence electrons. The quantitative estimate of drug-likeness (QED) is 0.455. The summed E-state index contributed by atoms with van der Waals surface area (Å²) in [5, 5.41) is 6.55. The number of oxime groups is 1. The van der Waals surface area contributed by atoms with Gasteiger partial charge in [0.15, 0.2) is 0 Å². The molecule has 1 aromatic heterocycles. The van der Waals surface area contributed by atoms with Crippen LogP contribution in [0.1, 0.15) is 34.8 Å². The molecule has 1 N–H and O–H groups in total. The largest absolute Gasteiger partial charge is 0.391 e. The van der Waals surface area contributed by atoms with Gasteiger partial charge in [-0.3, -0.25) is 4.79 Å². The van der Waals surface area contributed by atoms with Gasteiger partial charge in [0, 0.05) is 11.8 Å². The van der Waals surface area contributed by atoms with Crippen LogP contribution in [0, 0.1) is 11.6 Å². The molecule has 0 bridgehead atoms. The smallest absolute Gasteiger partial charge is 0.262 e. The Balaban J connectivity index is 1.66. The Labute approximate surface area is 167 Å². The minimum atomic E-state index is -0.935. The van der Waals surface area contributed by atoms with Crippen LogP contribution in [0.5, 0.6) is 0 Å². The van der Waals surface area contributed by atoms with Crippen molar-refractivity contribution in [1.29, 1.82) is 0 Å². The highest BCUT2D eigenvalue weighted by atomic mass is 19.1. The number of halogens is 2. The van der Waals surface area contributed by atoms with Crippen LogP contribution in [0.4, 0.5) is 14.6 Å². The van der Waals surface area contributed by atoms with Gasteiger partial charge in [0.1, 0.15) is 29.6 Å². The number of nitrogens with zero attached hydrogens (tertiary/aromatic N) is 2. The first-order valence-electron chi connectivity index (χ1n) is 9.03. The highest BCUT2D eigenvalue weighted by Gasteiger charge is 2.17. The monoisotopic (exact) mass is 395 g/mol. The number of benzene rings is 2. The van der Waals surface area contributed by atoms with Crippen LogP contribution < -0.4 is 5.32 Å². The molecule has 0 fully saturated rings. The van der Waals surface area contributed by atoms with Crippen molar-refractivity contribution < 1.29 is 18.4 Å². The fourth-order valence-corrected chi connectivity index (χ4v) is 2.61. The summed E-state index contributed by atoms with van der Waals surface area (Å²) in [5.74, 6) is -2.61. The van der Waals surface area contributed by atoms with Crippen LogP contribution in [0.15, 0.2) is 72.0 Å². The Bertz CT molecular complexity index is 986. The Hall–Kier alpha value is -3.61. The fourth-order valence-electron chi connectivity index (χ4n) is 2.61. The molecule has 3 aromatic rings. The first-order valence-corrected chi connectivity index (χ1v) is 9.03. The normalized spacial score (nSPS) is 11.2. The third-order valence-corrected chi connectivity index (χ3v) is 4.11.